The van der Waals surface area contributed by atoms with Gasteiger partial charge in [0.25, 0.3) is 0 Å². The van der Waals surface area contributed by atoms with E-state index in [-0.39, 0.29) is 5.91 Å². The van der Waals surface area contributed by atoms with Crippen LogP contribution in [0.25, 0.3) is 0 Å². The SMILES string of the molecule is Cc1ccc(CN(C)C(=O)CCCOc2ccccc2Cl)s1. The van der Waals surface area contributed by atoms with Gasteiger partial charge in [0.2, 0.25) is 5.91 Å². The van der Waals surface area contributed by atoms with E-state index in [9.17, 15) is 4.79 Å². The summed E-state index contributed by atoms with van der Waals surface area (Å²) in [6.07, 6.45) is 1.16. The molecule has 2 aromatic rings. The summed E-state index contributed by atoms with van der Waals surface area (Å²) < 4.78 is 5.59. The molecule has 0 saturated carbocycles. The van der Waals surface area contributed by atoms with Crippen LogP contribution in [0.15, 0.2) is 36.4 Å². The molecule has 0 unspecified atom stereocenters. The van der Waals surface area contributed by atoms with E-state index in [1.54, 1.807) is 22.3 Å². The Bertz CT molecular complexity index is 627. The molecule has 0 aliphatic heterocycles. The lowest BCUT2D eigenvalue weighted by Gasteiger charge is -2.16. The largest absolute Gasteiger partial charge is 0.492 e. The van der Waals surface area contributed by atoms with Crippen molar-refractivity contribution in [2.45, 2.75) is 26.3 Å². The van der Waals surface area contributed by atoms with Crippen LogP contribution in [0, 0.1) is 6.92 Å². The standard InChI is InChI=1S/C17H20ClNO2S/c1-13-9-10-14(22-13)12-19(2)17(20)8-5-11-21-16-7-4-3-6-15(16)18/h3-4,6-7,9-10H,5,8,11-12H2,1-2H3. The van der Waals surface area contributed by atoms with Crippen molar-refractivity contribution < 1.29 is 9.53 Å². The quantitative estimate of drug-likeness (QED) is 0.695. The van der Waals surface area contributed by atoms with Crippen LogP contribution in [0.3, 0.4) is 0 Å². The normalized spacial score (nSPS) is 10.5. The Morgan fingerprint density at radius 3 is 2.73 bits per heavy atom. The number of carbonyl (C=O) groups is 1. The summed E-state index contributed by atoms with van der Waals surface area (Å²) in [5, 5.41) is 0.596. The van der Waals surface area contributed by atoms with E-state index in [0.717, 1.165) is 0 Å². The molecule has 1 heterocycles. The van der Waals surface area contributed by atoms with Gasteiger partial charge in [-0.15, -0.1) is 11.3 Å². The second-order valence-corrected chi connectivity index (χ2v) is 6.92. The van der Waals surface area contributed by atoms with Gasteiger partial charge in [-0.05, 0) is 37.6 Å². The average molecular weight is 338 g/mol. The molecule has 0 aliphatic carbocycles. The highest BCUT2D eigenvalue weighted by molar-refractivity contribution is 7.11. The fraction of sp³-hybridized carbons (Fsp3) is 0.353. The average Bonchev–Trinajstić information content (AvgIpc) is 2.90. The Kier molecular flexibility index (Phi) is 6.28. The predicted octanol–water partition coefficient (Wildman–Crippen LogP) is 4.53. The summed E-state index contributed by atoms with van der Waals surface area (Å²) in [5.41, 5.74) is 0. The van der Waals surface area contributed by atoms with Gasteiger partial charge in [-0.2, -0.15) is 0 Å². The zero-order valence-corrected chi connectivity index (χ0v) is 14.4. The van der Waals surface area contributed by atoms with Gasteiger partial charge in [-0.25, -0.2) is 0 Å². The van der Waals surface area contributed by atoms with Crippen LogP contribution >= 0.6 is 22.9 Å². The van der Waals surface area contributed by atoms with Crippen molar-refractivity contribution in [1.82, 2.24) is 4.90 Å². The van der Waals surface area contributed by atoms with Crippen LogP contribution in [0.5, 0.6) is 5.75 Å². The number of amides is 1. The van der Waals surface area contributed by atoms with E-state index in [2.05, 4.69) is 19.1 Å². The monoisotopic (exact) mass is 337 g/mol. The van der Waals surface area contributed by atoms with Crippen LogP contribution in [-0.2, 0) is 11.3 Å². The number of carbonyl (C=O) groups excluding carboxylic acids is 1. The van der Waals surface area contributed by atoms with E-state index in [4.69, 9.17) is 16.3 Å². The van der Waals surface area contributed by atoms with Crippen LogP contribution in [-0.4, -0.2) is 24.5 Å². The molecular weight excluding hydrogens is 318 g/mol. The highest BCUT2D eigenvalue weighted by Gasteiger charge is 2.10. The Morgan fingerprint density at radius 1 is 1.27 bits per heavy atom. The molecule has 1 aromatic heterocycles. The maximum absolute atomic E-state index is 12.1. The molecule has 22 heavy (non-hydrogen) atoms. The molecule has 5 heteroatoms. The van der Waals surface area contributed by atoms with Gasteiger partial charge in [0.05, 0.1) is 18.2 Å². The third-order valence-corrected chi connectivity index (χ3v) is 4.54. The van der Waals surface area contributed by atoms with E-state index < -0.39 is 0 Å². The third-order valence-electron chi connectivity index (χ3n) is 3.24. The highest BCUT2D eigenvalue weighted by atomic mass is 35.5. The lowest BCUT2D eigenvalue weighted by Crippen LogP contribution is -2.25. The van der Waals surface area contributed by atoms with Crippen molar-refractivity contribution >= 4 is 28.8 Å². The summed E-state index contributed by atoms with van der Waals surface area (Å²) in [4.78, 5) is 16.3. The topological polar surface area (TPSA) is 29.5 Å². The van der Waals surface area contributed by atoms with Crippen LogP contribution in [0.4, 0.5) is 0 Å². The van der Waals surface area contributed by atoms with Gasteiger partial charge in [0, 0.05) is 23.2 Å². The van der Waals surface area contributed by atoms with Crippen LogP contribution in [0.1, 0.15) is 22.6 Å². The first-order chi connectivity index (χ1) is 10.6. The van der Waals surface area contributed by atoms with Crippen LogP contribution in [0.2, 0.25) is 5.02 Å². The number of benzene rings is 1. The van der Waals surface area contributed by atoms with Crippen molar-refractivity contribution in [3.63, 3.8) is 0 Å². The van der Waals surface area contributed by atoms with E-state index in [0.29, 0.717) is 36.8 Å². The first-order valence-corrected chi connectivity index (χ1v) is 8.42. The molecular formula is C17H20ClNO2S. The zero-order valence-electron chi connectivity index (χ0n) is 12.8. The molecule has 0 bridgehead atoms. The Hall–Kier alpha value is -1.52. The molecule has 1 aromatic carbocycles. The van der Waals surface area contributed by atoms with Crippen molar-refractivity contribution in [2.24, 2.45) is 0 Å². The van der Waals surface area contributed by atoms with Crippen molar-refractivity contribution in [2.75, 3.05) is 13.7 Å². The molecule has 0 atom stereocenters. The predicted molar refractivity (Wildman–Crippen MR) is 91.7 cm³/mol. The number of para-hydroxylation sites is 1. The first kappa shape index (κ1) is 16.8. The minimum absolute atomic E-state index is 0.133. The van der Waals surface area contributed by atoms with Gasteiger partial charge < -0.3 is 9.64 Å². The van der Waals surface area contributed by atoms with Crippen molar-refractivity contribution in [1.29, 1.82) is 0 Å². The molecule has 2 rings (SSSR count). The molecule has 0 N–H and O–H groups in total. The number of ether oxygens (including phenoxy) is 1. The molecule has 118 valence electrons. The number of nitrogens with zero attached hydrogens (tertiary/aromatic N) is 1. The Balaban J connectivity index is 1.70. The van der Waals surface area contributed by atoms with Crippen molar-refractivity contribution in [3.8, 4) is 5.75 Å². The maximum atomic E-state index is 12.1. The Labute approximate surface area is 140 Å². The first-order valence-electron chi connectivity index (χ1n) is 7.23. The summed E-state index contributed by atoms with van der Waals surface area (Å²) >= 11 is 7.74. The van der Waals surface area contributed by atoms with Gasteiger partial charge in [0.1, 0.15) is 5.75 Å². The smallest absolute Gasteiger partial charge is 0.222 e. The highest BCUT2D eigenvalue weighted by Crippen LogP contribution is 2.23. The molecule has 0 aliphatic rings. The Morgan fingerprint density at radius 2 is 2.05 bits per heavy atom. The van der Waals surface area contributed by atoms with E-state index in [1.165, 1.54) is 9.75 Å². The van der Waals surface area contributed by atoms with E-state index in [1.807, 2.05) is 25.2 Å². The third kappa shape index (κ3) is 5.04. The molecule has 0 saturated heterocycles. The molecule has 0 radical (unpaired) electrons. The molecule has 0 fully saturated rings. The van der Waals surface area contributed by atoms with Crippen molar-refractivity contribution in [3.05, 3.63) is 51.2 Å². The van der Waals surface area contributed by atoms with Gasteiger partial charge in [-0.1, -0.05) is 23.7 Å². The molecule has 1 amide bonds. The fourth-order valence-corrected chi connectivity index (χ4v) is 3.18. The second kappa shape index (κ2) is 8.20. The summed E-state index contributed by atoms with van der Waals surface area (Å²) in [5.74, 6) is 0.799. The number of hydrogen-bond acceptors (Lipinski definition) is 3. The molecule has 3 nitrogen and oxygen atoms in total. The second-order valence-electron chi connectivity index (χ2n) is 5.14. The number of rotatable bonds is 7. The number of hydrogen-bond donors (Lipinski definition) is 0. The maximum Gasteiger partial charge on any atom is 0.222 e. The van der Waals surface area contributed by atoms with E-state index >= 15 is 0 Å². The molecule has 0 spiro atoms. The number of halogens is 1. The lowest BCUT2D eigenvalue weighted by molar-refractivity contribution is -0.130. The van der Waals surface area contributed by atoms with Gasteiger partial charge in [0.15, 0.2) is 0 Å². The zero-order chi connectivity index (χ0) is 15.9. The van der Waals surface area contributed by atoms with Gasteiger partial charge in [-0.3, -0.25) is 4.79 Å². The summed E-state index contributed by atoms with van der Waals surface area (Å²) in [6.45, 7) is 3.23. The summed E-state index contributed by atoms with van der Waals surface area (Å²) in [6, 6.07) is 11.5. The minimum atomic E-state index is 0.133. The van der Waals surface area contributed by atoms with Gasteiger partial charge >= 0.3 is 0 Å². The minimum Gasteiger partial charge on any atom is -0.492 e. The fourth-order valence-electron chi connectivity index (χ4n) is 2.05. The number of aryl methyl sites for hydroxylation is 1. The van der Waals surface area contributed by atoms with Crippen LogP contribution < -0.4 is 4.74 Å². The number of thiophene rings is 1. The lowest BCUT2D eigenvalue weighted by atomic mass is 10.3. The summed E-state index contributed by atoms with van der Waals surface area (Å²) in [7, 11) is 1.84.